The maximum Gasteiger partial charge on any atom is 0.0278 e. The molecular weight excluding hydrogens is 180 g/mol. The third kappa shape index (κ3) is 1.39. The molecule has 0 saturated heterocycles. The van der Waals surface area contributed by atoms with Crippen LogP contribution in [0.15, 0.2) is 54.6 Å². The first-order chi connectivity index (χ1) is 7.45. The first-order valence-corrected chi connectivity index (χ1v) is 5.18. The molecule has 0 fully saturated rings. The standard InChI is InChI=1S/C15H11/c1-2-6-12(7-3-1)15-11-10-13-8-4-5-9-14(13)15/h1-2,4-11,15H. The van der Waals surface area contributed by atoms with E-state index < -0.39 is 0 Å². The maximum atomic E-state index is 3.13. The predicted octanol–water partition coefficient (Wildman–Crippen LogP) is 3.65. The predicted molar refractivity (Wildman–Crippen MR) is 62.6 cm³/mol. The Morgan fingerprint density at radius 2 is 1.93 bits per heavy atom. The Hall–Kier alpha value is -1.82. The van der Waals surface area contributed by atoms with Crippen molar-refractivity contribution in [2.24, 2.45) is 0 Å². The molecule has 0 aromatic heterocycles. The molecule has 2 aromatic rings. The highest BCUT2D eigenvalue weighted by molar-refractivity contribution is 5.65. The van der Waals surface area contributed by atoms with E-state index in [0.717, 1.165) is 0 Å². The van der Waals surface area contributed by atoms with E-state index in [0.29, 0.717) is 5.92 Å². The molecule has 2 aromatic carbocycles. The molecule has 0 aliphatic heterocycles. The zero-order valence-corrected chi connectivity index (χ0v) is 8.35. The van der Waals surface area contributed by atoms with Crippen molar-refractivity contribution in [1.29, 1.82) is 0 Å². The van der Waals surface area contributed by atoms with Gasteiger partial charge in [0, 0.05) is 5.92 Å². The Kier molecular flexibility index (Phi) is 1.92. The van der Waals surface area contributed by atoms with Crippen LogP contribution in [0.1, 0.15) is 22.6 Å². The largest absolute Gasteiger partial charge is 0.0720 e. The van der Waals surface area contributed by atoms with E-state index in [1.54, 1.807) is 0 Å². The van der Waals surface area contributed by atoms with Crippen LogP contribution in [-0.2, 0) is 0 Å². The molecule has 0 amide bonds. The smallest absolute Gasteiger partial charge is 0.0278 e. The molecule has 3 rings (SSSR count). The topological polar surface area (TPSA) is 0 Å². The zero-order valence-electron chi connectivity index (χ0n) is 8.35. The van der Waals surface area contributed by atoms with E-state index in [-0.39, 0.29) is 0 Å². The van der Waals surface area contributed by atoms with Gasteiger partial charge in [-0.1, -0.05) is 60.7 Å². The highest BCUT2D eigenvalue weighted by Gasteiger charge is 2.17. The monoisotopic (exact) mass is 191 g/mol. The minimum Gasteiger partial charge on any atom is -0.0720 e. The Morgan fingerprint density at radius 1 is 1.00 bits per heavy atom. The summed E-state index contributed by atoms with van der Waals surface area (Å²) in [5.74, 6) is 0.415. The Labute approximate surface area is 89.9 Å². The first-order valence-electron chi connectivity index (χ1n) is 5.18. The lowest BCUT2D eigenvalue weighted by atomic mass is 9.93. The average molecular weight is 191 g/mol. The number of fused-ring (bicyclic) bond motifs is 1. The van der Waals surface area contributed by atoms with E-state index in [1.807, 2.05) is 12.1 Å². The molecule has 0 saturated carbocycles. The number of hydrogen-bond acceptors (Lipinski definition) is 0. The van der Waals surface area contributed by atoms with Crippen LogP contribution in [0.3, 0.4) is 0 Å². The summed E-state index contributed by atoms with van der Waals surface area (Å²) < 4.78 is 0. The van der Waals surface area contributed by atoms with Crippen molar-refractivity contribution >= 4 is 6.08 Å². The first kappa shape index (κ1) is 8.49. The summed E-state index contributed by atoms with van der Waals surface area (Å²) in [5, 5.41) is 0. The maximum absolute atomic E-state index is 3.13. The Bertz CT molecular complexity index is 494. The summed E-state index contributed by atoms with van der Waals surface area (Å²) >= 11 is 0. The number of rotatable bonds is 1. The van der Waals surface area contributed by atoms with Crippen LogP contribution >= 0.6 is 0 Å². The van der Waals surface area contributed by atoms with Crippen LogP contribution in [0, 0.1) is 6.07 Å². The van der Waals surface area contributed by atoms with Gasteiger partial charge in [-0.2, -0.15) is 0 Å². The lowest BCUT2D eigenvalue weighted by Crippen LogP contribution is -1.94. The summed E-state index contributed by atoms with van der Waals surface area (Å²) in [4.78, 5) is 0. The summed E-state index contributed by atoms with van der Waals surface area (Å²) in [6.07, 6.45) is 4.46. The Morgan fingerprint density at radius 3 is 2.80 bits per heavy atom. The van der Waals surface area contributed by atoms with E-state index in [4.69, 9.17) is 0 Å². The number of benzene rings is 2. The van der Waals surface area contributed by atoms with Crippen LogP contribution in [0.4, 0.5) is 0 Å². The van der Waals surface area contributed by atoms with E-state index in [9.17, 15) is 0 Å². The quantitative estimate of drug-likeness (QED) is 0.645. The van der Waals surface area contributed by atoms with Gasteiger partial charge in [0.15, 0.2) is 0 Å². The molecule has 1 aliphatic rings. The molecule has 0 nitrogen and oxygen atoms in total. The molecule has 0 heterocycles. The van der Waals surface area contributed by atoms with Gasteiger partial charge in [0.1, 0.15) is 0 Å². The second-order valence-electron chi connectivity index (χ2n) is 3.80. The van der Waals surface area contributed by atoms with Crippen molar-refractivity contribution in [2.45, 2.75) is 5.92 Å². The molecule has 0 heteroatoms. The lowest BCUT2D eigenvalue weighted by Gasteiger charge is -2.10. The molecule has 0 bridgehead atoms. The molecule has 15 heavy (non-hydrogen) atoms. The highest BCUT2D eigenvalue weighted by Crippen LogP contribution is 2.34. The highest BCUT2D eigenvalue weighted by atomic mass is 14.2. The van der Waals surface area contributed by atoms with E-state index in [2.05, 4.69) is 54.6 Å². The van der Waals surface area contributed by atoms with Crippen molar-refractivity contribution < 1.29 is 0 Å². The summed E-state index contributed by atoms with van der Waals surface area (Å²) in [6, 6.07) is 19.9. The van der Waals surface area contributed by atoms with Crippen LogP contribution in [0.25, 0.3) is 6.08 Å². The normalized spacial score (nSPS) is 17.7. The van der Waals surface area contributed by atoms with Gasteiger partial charge < -0.3 is 0 Å². The molecule has 1 aliphatic carbocycles. The van der Waals surface area contributed by atoms with Crippen molar-refractivity contribution in [3.8, 4) is 0 Å². The summed E-state index contributed by atoms with van der Waals surface area (Å²) in [5.41, 5.74) is 4.06. The van der Waals surface area contributed by atoms with Crippen molar-refractivity contribution in [1.82, 2.24) is 0 Å². The molecule has 1 radical (unpaired) electrons. The van der Waals surface area contributed by atoms with Gasteiger partial charge in [-0.3, -0.25) is 0 Å². The second kappa shape index (κ2) is 3.39. The number of hydrogen-bond donors (Lipinski definition) is 0. The SMILES string of the molecule is [c]1cccc(C2C=Cc3ccccc32)c1. The van der Waals surface area contributed by atoms with Gasteiger partial charge >= 0.3 is 0 Å². The minimum atomic E-state index is 0.415. The average Bonchev–Trinajstić information content (AvgIpc) is 2.74. The summed E-state index contributed by atoms with van der Waals surface area (Å²) in [7, 11) is 0. The van der Waals surface area contributed by atoms with Gasteiger partial charge in [-0.05, 0) is 22.8 Å². The van der Waals surface area contributed by atoms with Gasteiger partial charge in [0.25, 0.3) is 0 Å². The molecule has 1 atom stereocenters. The second-order valence-corrected chi connectivity index (χ2v) is 3.80. The minimum absolute atomic E-state index is 0.415. The van der Waals surface area contributed by atoms with Gasteiger partial charge in [-0.15, -0.1) is 0 Å². The summed E-state index contributed by atoms with van der Waals surface area (Å²) in [6.45, 7) is 0. The molecule has 0 N–H and O–H groups in total. The number of allylic oxidation sites excluding steroid dienone is 1. The zero-order chi connectivity index (χ0) is 10.1. The molecule has 1 unspecified atom stereocenters. The molecule has 0 spiro atoms. The van der Waals surface area contributed by atoms with Crippen molar-refractivity contribution in [3.63, 3.8) is 0 Å². The molecule has 71 valence electrons. The van der Waals surface area contributed by atoms with Crippen LogP contribution in [0.5, 0.6) is 0 Å². The lowest BCUT2D eigenvalue weighted by molar-refractivity contribution is 1.05. The van der Waals surface area contributed by atoms with Crippen LogP contribution in [-0.4, -0.2) is 0 Å². The molecular formula is C15H11. The van der Waals surface area contributed by atoms with Gasteiger partial charge in [0.05, 0.1) is 0 Å². The van der Waals surface area contributed by atoms with Crippen LogP contribution in [0.2, 0.25) is 0 Å². The Balaban J connectivity index is 2.09. The van der Waals surface area contributed by atoms with E-state index >= 15 is 0 Å². The third-order valence-electron chi connectivity index (χ3n) is 2.89. The third-order valence-corrected chi connectivity index (χ3v) is 2.89. The fourth-order valence-electron chi connectivity index (χ4n) is 2.14. The fourth-order valence-corrected chi connectivity index (χ4v) is 2.14. The van der Waals surface area contributed by atoms with E-state index in [1.165, 1.54) is 16.7 Å². The van der Waals surface area contributed by atoms with Crippen molar-refractivity contribution in [2.75, 3.05) is 0 Å². The fraction of sp³-hybridized carbons (Fsp3) is 0.0667. The van der Waals surface area contributed by atoms with Crippen LogP contribution < -0.4 is 0 Å². The van der Waals surface area contributed by atoms with Crippen molar-refractivity contribution in [3.05, 3.63) is 77.4 Å². The van der Waals surface area contributed by atoms with Gasteiger partial charge in [-0.25, -0.2) is 0 Å². The van der Waals surface area contributed by atoms with Gasteiger partial charge in [0.2, 0.25) is 0 Å².